The minimum Gasteiger partial charge on any atom is -0.458 e. The summed E-state index contributed by atoms with van der Waals surface area (Å²) in [6.45, 7) is 5.65. The van der Waals surface area contributed by atoms with Crippen molar-refractivity contribution < 1.29 is 104 Å². The Labute approximate surface area is 660 Å². The van der Waals surface area contributed by atoms with E-state index in [0.717, 1.165) is 19.1 Å². The Kier molecular flexibility index (Phi) is 35.5. The summed E-state index contributed by atoms with van der Waals surface area (Å²) >= 11 is 0. The number of benzene rings is 2. The van der Waals surface area contributed by atoms with Crippen LogP contribution in [0.1, 0.15) is 103 Å². The van der Waals surface area contributed by atoms with E-state index in [9.17, 15) is 56.7 Å². The van der Waals surface area contributed by atoms with Crippen LogP contribution in [0.4, 0.5) is 4.39 Å². The third kappa shape index (κ3) is 28.3. The monoisotopic (exact) mass is 1610 g/mol. The van der Waals surface area contributed by atoms with Crippen LogP contribution in [0.15, 0.2) is 70.9 Å². The molecule has 620 valence electrons. The van der Waals surface area contributed by atoms with Crippen molar-refractivity contribution in [1.82, 2.24) is 62.1 Å². The van der Waals surface area contributed by atoms with Crippen molar-refractivity contribution in [1.29, 1.82) is 0 Å². The van der Waals surface area contributed by atoms with Gasteiger partial charge in [-0.2, -0.15) is 0 Å². The Morgan fingerprint density at radius 3 is 1.93 bits per heavy atom. The molecule has 34 nitrogen and oxygen atoms in total. The van der Waals surface area contributed by atoms with Crippen molar-refractivity contribution in [3.05, 3.63) is 116 Å². The molecular weight excluding hydrogens is 1510 g/mol. The number of hydrogen-bond donors (Lipinski definition) is 9. The fourth-order valence-corrected chi connectivity index (χ4v) is 12.9. The third-order valence-corrected chi connectivity index (χ3v) is 19.8. The lowest BCUT2D eigenvalue weighted by Gasteiger charge is -2.32. The molecule has 2 aromatic carbocycles. The SMILES string of the molecule is COCCOCCOCCOCCOCCOCCOCCOCCNC(=O)[C@H](CCC(=O)NCC(=O)NCC(=O)N[C@@H](Cc1ccccc1)C(=O)NCC(=O)NCO[C@@H](C(=O)NCc1c2c(nc3cc(F)c(C)cc13)-c1cc3c(c(=O)n1C2)COC(=O)[C@]3(O)CC1CC1)C1CC1)NCCCCC#Cc1cnc(S(C)(=O)=O)nc1. The number of aliphatic hydroxyl groups is 1. The minimum absolute atomic E-state index is 0.00888. The van der Waals surface area contributed by atoms with E-state index in [0.29, 0.717) is 169 Å². The van der Waals surface area contributed by atoms with Crippen LogP contribution in [0.5, 0.6) is 0 Å². The number of sulfone groups is 1. The summed E-state index contributed by atoms with van der Waals surface area (Å²) in [7, 11) is -1.95. The molecule has 7 amide bonds. The number of hydrogen-bond acceptors (Lipinski definition) is 26. The number of aromatic nitrogens is 4. The van der Waals surface area contributed by atoms with Gasteiger partial charge in [0.1, 0.15) is 31.3 Å². The molecule has 0 bridgehead atoms. The number of ether oxygens (including phenoxy) is 10. The Morgan fingerprint density at radius 1 is 0.693 bits per heavy atom. The predicted octanol–water partition coefficient (Wildman–Crippen LogP) is 0.511. The van der Waals surface area contributed by atoms with Crippen LogP contribution in [-0.2, 0) is 127 Å². The largest absolute Gasteiger partial charge is 0.458 e. The van der Waals surface area contributed by atoms with Crippen LogP contribution < -0.4 is 48.1 Å². The molecule has 114 heavy (non-hydrogen) atoms. The highest BCUT2D eigenvalue weighted by atomic mass is 32.2. The number of fused-ring (bicyclic) bond motifs is 5. The van der Waals surface area contributed by atoms with Crippen LogP contribution in [-0.4, -0.2) is 250 Å². The molecule has 5 aromatic rings. The van der Waals surface area contributed by atoms with Gasteiger partial charge in [-0.05, 0) is 92.7 Å². The van der Waals surface area contributed by atoms with E-state index in [2.05, 4.69) is 64.3 Å². The van der Waals surface area contributed by atoms with E-state index in [1.165, 1.54) is 23.0 Å². The molecule has 4 atom stereocenters. The lowest BCUT2D eigenvalue weighted by molar-refractivity contribution is -0.173. The van der Waals surface area contributed by atoms with E-state index in [4.69, 9.17) is 52.4 Å². The minimum atomic E-state index is -3.56. The molecule has 9 N–H and O–H groups in total. The second-order valence-corrected chi connectivity index (χ2v) is 29.7. The molecule has 0 radical (unpaired) electrons. The average Bonchev–Trinajstić information content (AvgIpc) is 1.52. The molecule has 2 aliphatic carbocycles. The van der Waals surface area contributed by atoms with Crippen molar-refractivity contribution in [3.63, 3.8) is 0 Å². The van der Waals surface area contributed by atoms with E-state index in [-0.39, 0.29) is 98.8 Å². The van der Waals surface area contributed by atoms with Crippen LogP contribution in [0.2, 0.25) is 0 Å². The summed E-state index contributed by atoms with van der Waals surface area (Å²) in [6.07, 6.45) is 7.27. The number of aryl methyl sites for hydroxylation is 1. The molecular formula is C78H103FN12O22S. The smallest absolute Gasteiger partial charge is 0.343 e. The number of cyclic esters (lactones) is 1. The van der Waals surface area contributed by atoms with Gasteiger partial charge in [0.15, 0.2) is 5.60 Å². The molecule has 4 aliphatic rings. The first kappa shape index (κ1) is 88.6. The standard InChI is InChI=1S/C78H103FN12O22S/c1-51-37-56-57(58-48-91-65(70(58)90-63(56)40-61(51)79)39-60-59(75(91)99)49-112-76(100)78(60,101)41-53-14-15-53)44-84-74(98)71(55-16-17-55)113-50-88-68(94)46-85-73(97)64(38-52-11-8-6-9-12-52)89-69(95)47-83-67(93)45-82-66(92)19-18-62(80-20-10-5-4-7-13-54-42-86-77(87-43-54)114(3,102)103)72(96)81-21-22-105-25-26-107-29-30-109-33-34-111-36-35-110-32-31-108-28-27-106-24-23-104-2/h6,8-9,11-12,37,39-40,42-43,53,55,62,64,71,80,101H,4-5,10,14-36,38,41,44-50H2,1-3H3,(H,81,96)(H,82,92)(H,83,93)(H,84,98)(H,85,97)(H,88,94)(H,89,95)/t62-,64-,71+,78-/m0/s1. The Hall–Kier alpha value is -9.36. The number of halogens is 1. The molecule has 2 aliphatic heterocycles. The molecule has 0 saturated heterocycles. The van der Waals surface area contributed by atoms with Crippen LogP contribution >= 0.6 is 0 Å². The topological polar surface area (TPSA) is 440 Å². The van der Waals surface area contributed by atoms with Crippen LogP contribution in [0.25, 0.3) is 22.3 Å². The van der Waals surface area contributed by atoms with Crippen molar-refractivity contribution in [2.45, 2.75) is 126 Å². The lowest BCUT2D eigenvalue weighted by Crippen LogP contribution is -2.52. The van der Waals surface area contributed by atoms with Gasteiger partial charge in [-0.1, -0.05) is 55.0 Å². The van der Waals surface area contributed by atoms with E-state index in [1.54, 1.807) is 56.5 Å². The normalized spacial score (nSPS) is 15.6. The van der Waals surface area contributed by atoms with Gasteiger partial charge in [-0.15, -0.1) is 0 Å². The summed E-state index contributed by atoms with van der Waals surface area (Å²) in [5, 5.41) is 33.7. The summed E-state index contributed by atoms with van der Waals surface area (Å²) in [5.41, 5.74) is 1.28. The molecule has 9 rings (SSSR count). The van der Waals surface area contributed by atoms with E-state index >= 15 is 4.39 Å². The number of nitrogens with one attached hydrogen (secondary N) is 8. The number of rotatable bonds is 53. The first-order valence-corrected chi connectivity index (χ1v) is 40.1. The van der Waals surface area contributed by atoms with Gasteiger partial charge >= 0.3 is 5.97 Å². The summed E-state index contributed by atoms with van der Waals surface area (Å²) in [4.78, 5) is 134. The number of carbonyl (C=O) groups excluding carboxylic acids is 8. The number of amides is 7. The zero-order valence-corrected chi connectivity index (χ0v) is 65.3. The molecule has 0 unspecified atom stereocenters. The fraction of sp³-hybridized carbons (Fsp3) is 0.564. The number of esters is 1. The van der Waals surface area contributed by atoms with Gasteiger partial charge in [0.2, 0.25) is 56.3 Å². The number of nitrogens with zero attached hydrogens (tertiary/aromatic N) is 4. The zero-order chi connectivity index (χ0) is 81.2. The van der Waals surface area contributed by atoms with Gasteiger partial charge in [-0.3, -0.25) is 38.4 Å². The lowest BCUT2D eigenvalue weighted by atomic mass is 9.84. The maximum absolute atomic E-state index is 15.2. The maximum Gasteiger partial charge on any atom is 0.343 e. The van der Waals surface area contributed by atoms with Gasteiger partial charge in [0.05, 0.1) is 159 Å². The van der Waals surface area contributed by atoms with E-state index in [1.807, 2.05) is 0 Å². The van der Waals surface area contributed by atoms with Crippen molar-refractivity contribution in [2.75, 3.05) is 152 Å². The number of unbranched alkanes of at least 4 members (excludes halogenated alkanes) is 2. The van der Waals surface area contributed by atoms with Gasteiger partial charge in [0, 0.05) is 80.7 Å². The molecule has 3 aromatic heterocycles. The number of carbonyl (C=O) groups is 8. The molecule has 36 heteroatoms. The zero-order valence-electron chi connectivity index (χ0n) is 64.5. The number of methoxy groups -OCH3 is 1. The molecule has 2 fully saturated rings. The summed E-state index contributed by atoms with van der Waals surface area (Å²) in [6, 6.07) is 11.2. The highest BCUT2D eigenvalue weighted by Crippen LogP contribution is 2.46. The average molecular weight is 1610 g/mol. The second kappa shape index (κ2) is 45.7. The predicted molar refractivity (Wildman–Crippen MR) is 407 cm³/mol. The summed E-state index contributed by atoms with van der Waals surface area (Å²) < 4.78 is 94.9. The van der Waals surface area contributed by atoms with Crippen molar-refractivity contribution >= 4 is 68.1 Å². The van der Waals surface area contributed by atoms with Crippen LogP contribution in [0.3, 0.4) is 0 Å². The van der Waals surface area contributed by atoms with E-state index < -0.39 is 119 Å². The van der Waals surface area contributed by atoms with Crippen molar-refractivity contribution in [2.24, 2.45) is 11.8 Å². The molecule has 0 spiro atoms. The maximum atomic E-state index is 15.2. The Bertz CT molecular complexity index is 4330. The van der Waals surface area contributed by atoms with Crippen LogP contribution in [0, 0.1) is 36.4 Å². The Morgan fingerprint density at radius 2 is 1.30 bits per heavy atom. The second-order valence-electron chi connectivity index (χ2n) is 27.8. The fourth-order valence-electron chi connectivity index (χ4n) is 12.5. The first-order chi connectivity index (χ1) is 55.1. The van der Waals surface area contributed by atoms with Gasteiger partial charge < -0.3 is 99.6 Å². The number of pyridine rings is 2. The first-order valence-electron chi connectivity index (χ1n) is 38.2. The Balaban J connectivity index is 0.677. The van der Waals surface area contributed by atoms with Gasteiger partial charge in [-0.25, -0.2) is 32.6 Å². The van der Waals surface area contributed by atoms with Crippen molar-refractivity contribution in [3.8, 4) is 23.2 Å². The molecule has 5 heterocycles. The van der Waals surface area contributed by atoms with Gasteiger partial charge in [0.25, 0.3) is 5.56 Å². The quantitative estimate of drug-likeness (QED) is 0.00826. The highest BCUT2D eigenvalue weighted by Gasteiger charge is 2.50. The molecule has 2 saturated carbocycles. The highest BCUT2D eigenvalue weighted by molar-refractivity contribution is 7.90. The summed E-state index contributed by atoms with van der Waals surface area (Å²) in [5.74, 6) is 0.0545. The third-order valence-electron chi connectivity index (χ3n) is 18.9.